The number of nitrogens with one attached hydrogen (secondary N) is 1. The third kappa shape index (κ3) is 4.23. The smallest absolute Gasteiger partial charge is 0.353 e. The van der Waals surface area contributed by atoms with E-state index < -0.39 is 35.9 Å². The minimum absolute atomic E-state index is 0.0527. The Bertz CT molecular complexity index is 1190. The number of carboxylic acids is 1. The lowest BCUT2D eigenvalue weighted by molar-refractivity contribution is -0.156. The van der Waals surface area contributed by atoms with Gasteiger partial charge in [-0.05, 0) is 31.9 Å². The quantitative estimate of drug-likeness (QED) is 0.361. The number of nitroso groups, excluding NO2 is 1. The van der Waals surface area contributed by atoms with Gasteiger partial charge in [-0.15, -0.1) is 16.2 Å². The molecule has 0 bridgehead atoms. The van der Waals surface area contributed by atoms with Crippen LogP contribution in [0.4, 0.5) is 5.13 Å². The van der Waals surface area contributed by atoms with Gasteiger partial charge in [0.15, 0.2) is 9.47 Å². The van der Waals surface area contributed by atoms with Crippen molar-refractivity contribution < 1.29 is 19.5 Å². The average molecular weight is 529 g/mol. The van der Waals surface area contributed by atoms with Crippen molar-refractivity contribution in [2.45, 2.75) is 49.2 Å². The number of nitrogen functional groups attached to an aromatic ring is 1. The van der Waals surface area contributed by atoms with Crippen LogP contribution in [0.25, 0.3) is 0 Å². The van der Waals surface area contributed by atoms with E-state index in [1.807, 2.05) is 13.8 Å². The molecule has 2 aromatic heterocycles. The zero-order valence-electron chi connectivity index (χ0n) is 17.2. The van der Waals surface area contributed by atoms with Gasteiger partial charge in [-0.2, -0.15) is 0 Å². The molecule has 0 aromatic carbocycles. The Labute approximate surface area is 204 Å². The first-order valence-electron chi connectivity index (χ1n) is 9.58. The van der Waals surface area contributed by atoms with E-state index in [0.717, 1.165) is 21.9 Å². The standard InChI is InChI=1S/C18H17ClN6O5S3/c1-5-6(2)31-18(21-5)32-8-4-3-7-9(15(27)25(7)12(8)16(28)29)22-14(26)11(24-30)10-13(19)33-17(20)23-10/h7,9,11H,3-4H2,1-2H3,(H2,20,23)(H,22,26)(H,28,29)/t7-,9+,11?/m1/s1. The minimum atomic E-state index is -1.58. The lowest BCUT2D eigenvalue weighted by Crippen LogP contribution is -2.71. The molecule has 33 heavy (non-hydrogen) atoms. The highest BCUT2D eigenvalue weighted by atomic mass is 35.5. The van der Waals surface area contributed by atoms with Crippen LogP contribution in [0.2, 0.25) is 4.34 Å². The van der Waals surface area contributed by atoms with Crippen LogP contribution in [0, 0.1) is 18.8 Å². The Kier molecular flexibility index (Phi) is 6.44. The summed E-state index contributed by atoms with van der Waals surface area (Å²) >= 11 is 9.57. The van der Waals surface area contributed by atoms with Crippen molar-refractivity contribution in [2.24, 2.45) is 5.18 Å². The Morgan fingerprint density at radius 3 is 2.64 bits per heavy atom. The van der Waals surface area contributed by atoms with E-state index in [1.165, 1.54) is 28.0 Å². The lowest BCUT2D eigenvalue weighted by Gasteiger charge is -2.50. The molecule has 0 saturated carbocycles. The minimum Gasteiger partial charge on any atom is -0.477 e. The van der Waals surface area contributed by atoms with Crippen LogP contribution in [-0.4, -0.2) is 49.8 Å². The molecule has 2 aliphatic rings. The van der Waals surface area contributed by atoms with Crippen LogP contribution in [0.15, 0.2) is 20.1 Å². The number of carbonyl (C=O) groups is 3. The number of nitrogens with zero attached hydrogens (tertiary/aromatic N) is 4. The highest BCUT2D eigenvalue weighted by molar-refractivity contribution is 8.04. The molecule has 4 N–H and O–H groups in total. The normalized spacial score (nSPS) is 20.8. The van der Waals surface area contributed by atoms with E-state index in [9.17, 15) is 24.4 Å². The van der Waals surface area contributed by atoms with Gasteiger partial charge in [-0.25, -0.2) is 14.8 Å². The number of thioether (sulfide) groups is 1. The third-order valence-corrected chi connectivity index (χ3v) is 8.74. The predicted molar refractivity (Wildman–Crippen MR) is 124 cm³/mol. The maximum Gasteiger partial charge on any atom is 0.353 e. The number of carbonyl (C=O) groups excluding carboxylic acids is 2. The number of hydrogen-bond acceptors (Lipinski definition) is 11. The number of aryl methyl sites for hydroxylation is 2. The van der Waals surface area contributed by atoms with Crippen molar-refractivity contribution in [3.05, 3.63) is 36.1 Å². The molecule has 0 spiro atoms. The second-order valence-corrected chi connectivity index (χ2v) is 11.5. The van der Waals surface area contributed by atoms with E-state index in [2.05, 4.69) is 20.5 Å². The number of nitrogens with two attached hydrogens (primary N) is 1. The lowest BCUT2D eigenvalue weighted by atomic mass is 9.86. The number of thiazole rings is 2. The number of hydrogen-bond donors (Lipinski definition) is 3. The summed E-state index contributed by atoms with van der Waals surface area (Å²) in [7, 11) is 0. The van der Waals surface area contributed by atoms with Gasteiger partial charge in [0.2, 0.25) is 6.04 Å². The summed E-state index contributed by atoms with van der Waals surface area (Å²) in [6, 6.07) is -3.12. The van der Waals surface area contributed by atoms with Crippen molar-refractivity contribution in [1.82, 2.24) is 20.2 Å². The second kappa shape index (κ2) is 9.00. The molecule has 2 amide bonds. The molecular weight excluding hydrogens is 512 g/mol. The first-order chi connectivity index (χ1) is 15.6. The predicted octanol–water partition coefficient (Wildman–Crippen LogP) is 2.84. The molecule has 1 unspecified atom stereocenters. The number of aliphatic carboxylic acids is 1. The van der Waals surface area contributed by atoms with Crippen LogP contribution in [0.3, 0.4) is 0 Å². The van der Waals surface area contributed by atoms with E-state index in [1.54, 1.807) is 0 Å². The Morgan fingerprint density at radius 1 is 1.36 bits per heavy atom. The summed E-state index contributed by atoms with van der Waals surface area (Å²) in [6.45, 7) is 3.81. The fraction of sp³-hybridized carbons (Fsp3) is 0.389. The van der Waals surface area contributed by atoms with Gasteiger partial charge in [-0.1, -0.05) is 34.7 Å². The zero-order chi connectivity index (χ0) is 24.0. The molecular formula is C18H17ClN6O5S3. The summed E-state index contributed by atoms with van der Waals surface area (Å²) in [6.07, 6.45) is 0.831. The van der Waals surface area contributed by atoms with Gasteiger partial charge < -0.3 is 16.2 Å². The summed E-state index contributed by atoms with van der Waals surface area (Å²) in [5.41, 5.74) is 6.24. The van der Waals surface area contributed by atoms with Gasteiger partial charge in [0.05, 0.1) is 11.7 Å². The molecule has 0 aliphatic carbocycles. The highest BCUT2D eigenvalue weighted by Crippen LogP contribution is 2.44. The molecule has 1 fully saturated rings. The Hall–Kier alpha value is -2.55. The molecule has 4 rings (SSSR count). The van der Waals surface area contributed by atoms with Crippen LogP contribution in [0.5, 0.6) is 0 Å². The summed E-state index contributed by atoms with van der Waals surface area (Å²) < 4.78 is 0.756. The van der Waals surface area contributed by atoms with E-state index in [0.29, 0.717) is 22.1 Å². The van der Waals surface area contributed by atoms with Crippen molar-refractivity contribution in [1.29, 1.82) is 0 Å². The van der Waals surface area contributed by atoms with Crippen LogP contribution < -0.4 is 11.1 Å². The molecule has 2 aromatic rings. The number of amides is 2. The number of halogens is 1. The Morgan fingerprint density at radius 2 is 2.09 bits per heavy atom. The van der Waals surface area contributed by atoms with Crippen LogP contribution in [-0.2, 0) is 14.4 Å². The van der Waals surface area contributed by atoms with Crippen molar-refractivity contribution in [3.63, 3.8) is 0 Å². The molecule has 15 heteroatoms. The summed E-state index contributed by atoms with van der Waals surface area (Å²) in [5.74, 6) is -2.67. The van der Waals surface area contributed by atoms with E-state index >= 15 is 0 Å². The molecule has 0 radical (unpaired) electrons. The fourth-order valence-corrected chi connectivity index (χ4v) is 7.02. The maximum atomic E-state index is 12.8. The van der Waals surface area contributed by atoms with E-state index in [4.69, 9.17) is 17.3 Å². The molecule has 1 saturated heterocycles. The number of allylic oxidation sites excluding steroid dienone is 1. The maximum absolute atomic E-state index is 12.8. The first kappa shape index (κ1) is 23.6. The van der Waals surface area contributed by atoms with E-state index in [-0.39, 0.29) is 20.9 Å². The van der Waals surface area contributed by atoms with Crippen LogP contribution >= 0.6 is 46.0 Å². The van der Waals surface area contributed by atoms with Crippen molar-refractivity contribution in [3.8, 4) is 0 Å². The van der Waals surface area contributed by atoms with Gasteiger partial charge in [0.25, 0.3) is 11.8 Å². The monoisotopic (exact) mass is 528 g/mol. The number of aromatic nitrogens is 2. The first-order valence-corrected chi connectivity index (χ1v) is 12.4. The second-order valence-electron chi connectivity index (χ2n) is 7.32. The number of rotatable bonds is 7. The van der Waals surface area contributed by atoms with Crippen LogP contribution in [0.1, 0.15) is 35.1 Å². The Balaban J connectivity index is 1.53. The molecule has 3 atom stereocenters. The van der Waals surface area contributed by atoms with Gasteiger partial charge in [-0.3, -0.25) is 14.5 Å². The van der Waals surface area contributed by atoms with Crippen molar-refractivity contribution in [2.75, 3.05) is 5.73 Å². The molecule has 11 nitrogen and oxygen atoms in total. The third-order valence-electron chi connectivity index (χ3n) is 5.35. The zero-order valence-corrected chi connectivity index (χ0v) is 20.4. The average Bonchev–Trinajstić information content (AvgIpc) is 3.25. The van der Waals surface area contributed by atoms with Gasteiger partial charge >= 0.3 is 5.97 Å². The number of β-lactam (4-membered cyclic amide) rings is 1. The molecule has 4 heterocycles. The van der Waals surface area contributed by atoms with Gasteiger partial charge in [0.1, 0.15) is 21.8 Å². The highest BCUT2D eigenvalue weighted by Gasteiger charge is 2.54. The largest absolute Gasteiger partial charge is 0.477 e. The summed E-state index contributed by atoms with van der Waals surface area (Å²) in [4.78, 5) is 59.9. The number of carboxylic acid groups (broad SMARTS) is 1. The SMILES string of the molecule is Cc1nc(SC2=C(C(=O)O)N3C(=O)[C@@H](NC(=O)C(N=O)c4nc(N)sc4Cl)[C@H]3CC2)sc1C. The number of fused-ring (bicyclic) bond motifs is 1. The number of anilines is 1. The topological polar surface area (TPSA) is 168 Å². The van der Waals surface area contributed by atoms with Gasteiger partial charge in [0, 0.05) is 9.78 Å². The summed E-state index contributed by atoms with van der Waals surface area (Å²) in [5, 5.41) is 15.2. The molecule has 2 aliphatic heterocycles. The molecule has 174 valence electrons. The van der Waals surface area contributed by atoms with Crippen molar-refractivity contribution >= 4 is 69.0 Å². The fourth-order valence-electron chi connectivity index (χ4n) is 3.67.